The third-order valence-corrected chi connectivity index (χ3v) is 4.42. The summed E-state index contributed by atoms with van der Waals surface area (Å²) in [7, 11) is 0. The molecule has 0 amide bonds. The summed E-state index contributed by atoms with van der Waals surface area (Å²) in [6.07, 6.45) is 7.37. The number of nitrogens with zero attached hydrogens (tertiary/aromatic N) is 1. The molecular weight excluding hydrogens is 300 g/mol. The van der Waals surface area contributed by atoms with Crippen LogP contribution in [0.2, 0.25) is 0 Å². The number of nitrogens with one attached hydrogen (secondary N) is 1. The summed E-state index contributed by atoms with van der Waals surface area (Å²) in [5.41, 5.74) is 2.21. The van der Waals surface area contributed by atoms with Gasteiger partial charge in [0.05, 0.1) is 11.2 Å². The van der Waals surface area contributed by atoms with Crippen molar-refractivity contribution in [2.75, 3.05) is 5.32 Å². The normalized spacial score (nSPS) is 17.2. The highest BCUT2D eigenvalue weighted by atomic mass is 79.9. The Morgan fingerprint density at radius 2 is 2.26 bits per heavy atom. The van der Waals surface area contributed by atoms with E-state index in [9.17, 15) is 0 Å². The van der Waals surface area contributed by atoms with Crippen LogP contribution in [0.1, 0.15) is 32.6 Å². The molecule has 1 unspecified atom stereocenters. The number of fused-ring (bicyclic) bond motifs is 1. The lowest BCUT2D eigenvalue weighted by molar-refractivity contribution is 0.286. The van der Waals surface area contributed by atoms with Gasteiger partial charge in [-0.05, 0) is 47.3 Å². The van der Waals surface area contributed by atoms with E-state index in [-0.39, 0.29) is 0 Å². The molecule has 1 fully saturated rings. The van der Waals surface area contributed by atoms with Crippen molar-refractivity contribution < 1.29 is 0 Å². The van der Waals surface area contributed by atoms with Crippen LogP contribution in [0.4, 0.5) is 5.69 Å². The number of benzene rings is 1. The van der Waals surface area contributed by atoms with Gasteiger partial charge in [0.1, 0.15) is 0 Å². The summed E-state index contributed by atoms with van der Waals surface area (Å²) < 4.78 is 1.03. The Bertz CT molecular complexity index is 578. The topological polar surface area (TPSA) is 24.9 Å². The lowest BCUT2D eigenvalue weighted by atomic mass is 9.81. The number of halogens is 1. The van der Waals surface area contributed by atoms with E-state index < -0.39 is 0 Å². The number of rotatable bonds is 4. The monoisotopic (exact) mass is 318 g/mol. The van der Waals surface area contributed by atoms with Crippen LogP contribution < -0.4 is 5.32 Å². The predicted molar refractivity (Wildman–Crippen MR) is 84.5 cm³/mol. The lowest BCUT2D eigenvalue weighted by Gasteiger charge is -2.29. The number of pyridine rings is 1. The molecule has 0 spiro atoms. The third kappa shape index (κ3) is 2.92. The van der Waals surface area contributed by atoms with Gasteiger partial charge in [-0.15, -0.1) is 0 Å². The second-order valence-corrected chi connectivity index (χ2v) is 6.52. The summed E-state index contributed by atoms with van der Waals surface area (Å²) in [5.74, 6) is 0.930. The maximum Gasteiger partial charge on any atom is 0.0934 e. The fourth-order valence-electron chi connectivity index (χ4n) is 2.80. The maximum atomic E-state index is 4.54. The van der Waals surface area contributed by atoms with E-state index in [1.165, 1.54) is 31.1 Å². The van der Waals surface area contributed by atoms with Crippen molar-refractivity contribution in [3.05, 3.63) is 34.9 Å². The molecule has 1 aliphatic rings. The van der Waals surface area contributed by atoms with Crippen molar-refractivity contribution in [1.29, 1.82) is 0 Å². The van der Waals surface area contributed by atoms with Crippen LogP contribution in [0.15, 0.2) is 34.9 Å². The van der Waals surface area contributed by atoms with Gasteiger partial charge in [-0.1, -0.05) is 31.4 Å². The smallest absolute Gasteiger partial charge is 0.0934 e. The first-order chi connectivity index (χ1) is 9.22. The maximum absolute atomic E-state index is 4.54. The molecular formula is C16H19BrN2. The number of aromatic nitrogens is 1. The molecule has 1 N–H and O–H groups in total. The van der Waals surface area contributed by atoms with Crippen molar-refractivity contribution in [3.63, 3.8) is 0 Å². The Morgan fingerprint density at radius 3 is 3.00 bits per heavy atom. The Labute approximate surface area is 122 Å². The third-order valence-electron chi connectivity index (χ3n) is 3.99. The summed E-state index contributed by atoms with van der Waals surface area (Å²) >= 11 is 3.47. The van der Waals surface area contributed by atoms with Crippen LogP contribution in [0.3, 0.4) is 0 Å². The van der Waals surface area contributed by atoms with Gasteiger partial charge < -0.3 is 5.32 Å². The van der Waals surface area contributed by atoms with Gasteiger partial charge in [0.2, 0.25) is 0 Å². The van der Waals surface area contributed by atoms with E-state index in [1.807, 2.05) is 6.20 Å². The number of anilines is 1. The summed E-state index contributed by atoms with van der Waals surface area (Å²) in [6.45, 7) is 2.27. The van der Waals surface area contributed by atoms with Gasteiger partial charge in [-0.3, -0.25) is 4.98 Å². The molecule has 0 radical (unpaired) electrons. The highest BCUT2D eigenvalue weighted by molar-refractivity contribution is 9.10. The number of para-hydroxylation sites is 1. The van der Waals surface area contributed by atoms with E-state index in [0.29, 0.717) is 6.04 Å². The van der Waals surface area contributed by atoms with Crippen LogP contribution >= 0.6 is 15.9 Å². The molecule has 2 aromatic rings. The lowest BCUT2D eigenvalue weighted by Crippen LogP contribution is -2.23. The van der Waals surface area contributed by atoms with Crippen molar-refractivity contribution in [2.45, 2.75) is 38.6 Å². The first-order valence-corrected chi connectivity index (χ1v) is 7.82. The molecule has 1 saturated carbocycles. The fraction of sp³-hybridized carbons (Fsp3) is 0.438. The summed E-state index contributed by atoms with van der Waals surface area (Å²) in [6, 6.07) is 8.95. The molecule has 1 heterocycles. The molecule has 3 rings (SSSR count). The highest BCUT2D eigenvalue weighted by Gasteiger charge is 2.20. The average Bonchev–Trinajstić information content (AvgIpc) is 2.34. The van der Waals surface area contributed by atoms with Crippen molar-refractivity contribution in [1.82, 2.24) is 4.98 Å². The van der Waals surface area contributed by atoms with Gasteiger partial charge in [-0.25, -0.2) is 0 Å². The Balaban J connectivity index is 1.79. The van der Waals surface area contributed by atoms with Crippen molar-refractivity contribution >= 4 is 32.5 Å². The predicted octanol–water partition coefficient (Wildman–Crippen LogP) is 4.99. The number of hydrogen-bond acceptors (Lipinski definition) is 2. The zero-order chi connectivity index (χ0) is 13.2. The quantitative estimate of drug-likeness (QED) is 0.859. The standard InChI is InChI=1S/C16H19BrN2/c1-11(8-12-4-2-5-12)19-15-7-3-6-13-9-14(17)10-18-16(13)15/h3,6-7,9-12,19H,2,4-5,8H2,1H3. The summed E-state index contributed by atoms with van der Waals surface area (Å²) in [4.78, 5) is 4.54. The molecule has 3 heteroatoms. The first kappa shape index (κ1) is 12.9. The first-order valence-electron chi connectivity index (χ1n) is 7.03. The summed E-state index contributed by atoms with van der Waals surface area (Å²) in [5, 5.41) is 4.80. The molecule has 2 nitrogen and oxygen atoms in total. The van der Waals surface area contributed by atoms with E-state index in [0.717, 1.165) is 21.6 Å². The van der Waals surface area contributed by atoms with Crippen LogP contribution in [-0.2, 0) is 0 Å². The van der Waals surface area contributed by atoms with Crippen LogP contribution in [0.25, 0.3) is 10.9 Å². The van der Waals surface area contributed by atoms with E-state index in [1.54, 1.807) is 0 Å². The average molecular weight is 319 g/mol. The molecule has 0 saturated heterocycles. The SMILES string of the molecule is CC(CC1CCC1)Nc1cccc2cc(Br)cnc12. The zero-order valence-electron chi connectivity index (χ0n) is 11.2. The largest absolute Gasteiger partial charge is 0.381 e. The van der Waals surface area contributed by atoms with Crippen LogP contribution in [0, 0.1) is 5.92 Å². The van der Waals surface area contributed by atoms with Gasteiger partial charge in [0.15, 0.2) is 0 Å². The van der Waals surface area contributed by atoms with E-state index >= 15 is 0 Å². The molecule has 1 aromatic carbocycles. The molecule has 1 atom stereocenters. The molecule has 1 aromatic heterocycles. The van der Waals surface area contributed by atoms with Gasteiger partial charge in [0, 0.05) is 22.1 Å². The molecule has 1 aliphatic carbocycles. The molecule has 0 bridgehead atoms. The molecule has 19 heavy (non-hydrogen) atoms. The van der Waals surface area contributed by atoms with Crippen molar-refractivity contribution in [3.8, 4) is 0 Å². The van der Waals surface area contributed by atoms with Crippen LogP contribution in [0.5, 0.6) is 0 Å². The second-order valence-electron chi connectivity index (χ2n) is 5.61. The minimum atomic E-state index is 0.515. The van der Waals surface area contributed by atoms with E-state index in [2.05, 4.69) is 57.4 Å². The Kier molecular flexibility index (Phi) is 3.74. The van der Waals surface area contributed by atoms with Gasteiger partial charge in [-0.2, -0.15) is 0 Å². The minimum Gasteiger partial charge on any atom is -0.381 e. The number of hydrogen-bond donors (Lipinski definition) is 1. The minimum absolute atomic E-state index is 0.515. The second kappa shape index (κ2) is 5.49. The Morgan fingerprint density at radius 1 is 1.42 bits per heavy atom. The zero-order valence-corrected chi connectivity index (χ0v) is 12.8. The Hall–Kier alpha value is -1.09. The molecule has 0 aliphatic heterocycles. The van der Waals surface area contributed by atoms with Crippen LogP contribution in [-0.4, -0.2) is 11.0 Å². The fourth-order valence-corrected chi connectivity index (χ4v) is 3.15. The molecule has 100 valence electrons. The van der Waals surface area contributed by atoms with Gasteiger partial charge >= 0.3 is 0 Å². The van der Waals surface area contributed by atoms with Crippen molar-refractivity contribution in [2.24, 2.45) is 5.92 Å². The highest BCUT2D eigenvalue weighted by Crippen LogP contribution is 2.32. The van der Waals surface area contributed by atoms with E-state index in [4.69, 9.17) is 0 Å². The van der Waals surface area contributed by atoms with Gasteiger partial charge in [0.25, 0.3) is 0 Å².